The molecule has 1 aromatic rings. The first kappa shape index (κ1) is 14.2. The fourth-order valence-electron chi connectivity index (χ4n) is 2.63. The summed E-state index contributed by atoms with van der Waals surface area (Å²) in [6.07, 6.45) is 7.34. The van der Waals surface area contributed by atoms with Crippen LogP contribution in [-0.4, -0.2) is 53.6 Å². The first-order chi connectivity index (χ1) is 9.35. The predicted octanol–water partition coefficient (Wildman–Crippen LogP) is 1.12. The minimum Gasteiger partial charge on any atom is -0.338 e. The van der Waals surface area contributed by atoms with Crippen LogP contribution in [-0.2, 0) is 0 Å². The third kappa shape index (κ3) is 3.88. The Morgan fingerprint density at radius 2 is 1.89 bits per heavy atom. The Labute approximate surface area is 115 Å². The van der Waals surface area contributed by atoms with Gasteiger partial charge in [-0.05, 0) is 12.5 Å². The fourth-order valence-corrected chi connectivity index (χ4v) is 2.63. The van der Waals surface area contributed by atoms with E-state index in [-0.39, 0.29) is 0 Å². The molecule has 2 rings (SSSR count). The number of hydrogen-bond donors (Lipinski definition) is 1. The highest BCUT2D eigenvalue weighted by atomic mass is 15.3. The molecule has 1 aliphatic rings. The third-order valence-corrected chi connectivity index (χ3v) is 3.83. The van der Waals surface area contributed by atoms with Crippen LogP contribution in [0.2, 0.25) is 0 Å². The SMILES string of the molecule is CCCCC(CN)N1CCN(c2ncccn2)CC1. The zero-order chi connectivity index (χ0) is 13.5. The number of hydrogen-bond acceptors (Lipinski definition) is 5. The lowest BCUT2D eigenvalue weighted by Gasteiger charge is -2.39. The van der Waals surface area contributed by atoms with Gasteiger partial charge in [0.25, 0.3) is 0 Å². The van der Waals surface area contributed by atoms with E-state index < -0.39 is 0 Å². The molecule has 0 aromatic carbocycles. The van der Waals surface area contributed by atoms with Crippen molar-refractivity contribution in [1.82, 2.24) is 14.9 Å². The summed E-state index contributed by atoms with van der Waals surface area (Å²) in [6, 6.07) is 2.40. The monoisotopic (exact) mass is 263 g/mol. The van der Waals surface area contributed by atoms with E-state index in [9.17, 15) is 0 Å². The van der Waals surface area contributed by atoms with Gasteiger partial charge in [-0.1, -0.05) is 19.8 Å². The van der Waals surface area contributed by atoms with Gasteiger partial charge in [0.05, 0.1) is 0 Å². The van der Waals surface area contributed by atoms with Crippen LogP contribution in [0, 0.1) is 0 Å². The highest BCUT2D eigenvalue weighted by Crippen LogP contribution is 2.14. The zero-order valence-electron chi connectivity index (χ0n) is 11.8. The van der Waals surface area contributed by atoms with Gasteiger partial charge in [0, 0.05) is 51.2 Å². The van der Waals surface area contributed by atoms with Crippen LogP contribution in [0.25, 0.3) is 0 Å². The number of nitrogens with two attached hydrogens (primary N) is 1. The van der Waals surface area contributed by atoms with E-state index in [0.29, 0.717) is 6.04 Å². The van der Waals surface area contributed by atoms with Gasteiger partial charge >= 0.3 is 0 Å². The summed E-state index contributed by atoms with van der Waals surface area (Å²) in [6.45, 7) is 7.10. The quantitative estimate of drug-likeness (QED) is 0.833. The summed E-state index contributed by atoms with van der Waals surface area (Å²) in [7, 11) is 0. The van der Waals surface area contributed by atoms with Crippen molar-refractivity contribution >= 4 is 5.95 Å². The normalized spacial score (nSPS) is 18.5. The summed E-state index contributed by atoms with van der Waals surface area (Å²) < 4.78 is 0. The average molecular weight is 263 g/mol. The Kier molecular flexibility index (Phi) is 5.54. The van der Waals surface area contributed by atoms with Gasteiger partial charge < -0.3 is 10.6 Å². The average Bonchev–Trinajstić information content (AvgIpc) is 2.49. The highest BCUT2D eigenvalue weighted by molar-refractivity contribution is 5.29. The summed E-state index contributed by atoms with van der Waals surface area (Å²) in [5.41, 5.74) is 5.91. The van der Waals surface area contributed by atoms with Crippen LogP contribution < -0.4 is 10.6 Å². The van der Waals surface area contributed by atoms with Gasteiger partial charge in [-0.15, -0.1) is 0 Å². The van der Waals surface area contributed by atoms with Gasteiger partial charge in [0.1, 0.15) is 0 Å². The molecule has 1 fully saturated rings. The summed E-state index contributed by atoms with van der Waals surface area (Å²) in [5.74, 6) is 0.847. The van der Waals surface area contributed by atoms with Gasteiger partial charge in [0.2, 0.25) is 5.95 Å². The van der Waals surface area contributed by atoms with Crippen LogP contribution in [0.4, 0.5) is 5.95 Å². The molecule has 2 heterocycles. The maximum Gasteiger partial charge on any atom is 0.225 e. The molecule has 0 amide bonds. The largest absolute Gasteiger partial charge is 0.338 e. The Hall–Kier alpha value is -1.20. The van der Waals surface area contributed by atoms with Crippen LogP contribution in [0.15, 0.2) is 18.5 Å². The molecule has 1 aliphatic heterocycles. The van der Waals surface area contributed by atoms with Crippen molar-refractivity contribution in [3.63, 3.8) is 0 Å². The topological polar surface area (TPSA) is 58.3 Å². The summed E-state index contributed by atoms with van der Waals surface area (Å²) in [4.78, 5) is 13.4. The second kappa shape index (κ2) is 7.40. The van der Waals surface area contributed by atoms with Crippen molar-refractivity contribution in [3.05, 3.63) is 18.5 Å². The standard InChI is InChI=1S/C14H25N5/c1-2-3-5-13(12-15)18-8-10-19(11-9-18)14-16-6-4-7-17-14/h4,6-7,13H,2-3,5,8-12,15H2,1H3. The molecule has 0 saturated carbocycles. The molecular formula is C14H25N5. The molecule has 1 aromatic heterocycles. The molecule has 1 saturated heterocycles. The number of nitrogens with zero attached hydrogens (tertiary/aromatic N) is 4. The van der Waals surface area contributed by atoms with E-state index in [4.69, 9.17) is 5.73 Å². The Morgan fingerprint density at radius 1 is 1.21 bits per heavy atom. The fraction of sp³-hybridized carbons (Fsp3) is 0.714. The molecule has 0 radical (unpaired) electrons. The molecule has 0 aliphatic carbocycles. The second-order valence-corrected chi connectivity index (χ2v) is 5.10. The van der Waals surface area contributed by atoms with Crippen LogP contribution in [0.3, 0.4) is 0 Å². The molecule has 5 heteroatoms. The lowest BCUT2D eigenvalue weighted by Crippen LogP contribution is -2.52. The van der Waals surface area contributed by atoms with E-state index in [0.717, 1.165) is 38.7 Å². The number of aromatic nitrogens is 2. The number of piperazine rings is 1. The van der Waals surface area contributed by atoms with Crippen molar-refractivity contribution in [3.8, 4) is 0 Å². The maximum atomic E-state index is 5.91. The Morgan fingerprint density at radius 3 is 2.47 bits per heavy atom. The summed E-state index contributed by atoms with van der Waals surface area (Å²) >= 11 is 0. The maximum absolute atomic E-state index is 5.91. The van der Waals surface area contributed by atoms with Crippen molar-refractivity contribution in [2.24, 2.45) is 5.73 Å². The Balaban J connectivity index is 1.84. The molecule has 2 N–H and O–H groups in total. The van der Waals surface area contributed by atoms with Gasteiger partial charge in [-0.25, -0.2) is 9.97 Å². The van der Waals surface area contributed by atoms with Crippen LogP contribution >= 0.6 is 0 Å². The van der Waals surface area contributed by atoms with Crippen molar-refractivity contribution < 1.29 is 0 Å². The second-order valence-electron chi connectivity index (χ2n) is 5.10. The molecule has 0 bridgehead atoms. The molecule has 5 nitrogen and oxygen atoms in total. The molecule has 106 valence electrons. The number of unbranched alkanes of at least 4 members (excludes halogenated alkanes) is 1. The van der Waals surface area contributed by atoms with E-state index in [1.807, 2.05) is 6.07 Å². The molecular weight excluding hydrogens is 238 g/mol. The minimum absolute atomic E-state index is 0.541. The van der Waals surface area contributed by atoms with E-state index in [1.165, 1.54) is 19.3 Å². The predicted molar refractivity (Wildman–Crippen MR) is 78.2 cm³/mol. The molecule has 1 atom stereocenters. The first-order valence-corrected chi connectivity index (χ1v) is 7.31. The number of anilines is 1. The van der Waals surface area contributed by atoms with Crippen molar-refractivity contribution in [2.75, 3.05) is 37.6 Å². The van der Waals surface area contributed by atoms with Crippen LogP contribution in [0.5, 0.6) is 0 Å². The van der Waals surface area contributed by atoms with Crippen molar-refractivity contribution in [2.45, 2.75) is 32.2 Å². The van der Waals surface area contributed by atoms with Gasteiger partial charge in [0.15, 0.2) is 0 Å². The zero-order valence-corrected chi connectivity index (χ0v) is 11.8. The van der Waals surface area contributed by atoms with Crippen molar-refractivity contribution in [1.29, 1.82) is 0 Å². The van der Waals surface area contributed by atoms with E-state index in [2.05, 4.69) is 26.7 Å². The Bertz CT molecular complexity index is 348. The van der Waals surface area contributed by atoms with Crippen LogP contribution in [0.1, 0.15) is 26.2 Å². The highest BCUT2D eigenvalue weighted by Gasteiger charge is 2.23. The lowest BCUT2D eigenvalue weighted by molar-refractivity contribution is 0.177. The van der Waals surface area contributed by atoms with Gasteiger partial charge in [-0.3, -0.25) is 4.90 Å². The molecule has 19 heavy (non-hydrogen) atoms. The lowest BCUT2D eigenvalue weighted by atomic mass is 10.1. The third-order valence-electron chi connectivity index (χ3n) is 3.83. The number of rotatable bonds is 6. The molecule has 0 spiro atoms. The summed E-state index contributed by atoms with van der Waals surface area (Å²) in [5, 5.41) is 0. The smallest absolute Gasteiger partial charge is 0.225 e. The molecule has 1 unspecified atom stereocenters. The first-order valence-electron chi connectivity index (χ1n) is 7.31. The van der Waals surface area contributed by atoms with Gasteiger partial charge in [-0.2, -0.15) is 0 Å². The van der Waals surface area contributed by atoms with E-state index in [1.54, 1.807) is 12.4 Å². The van der Waals surface area contributed by atoms with E-state index >= 15 is 0 Å². The minimum atomic E-state index is 0.541.